The van der Waals surface area contributed by atoms with Crippen LogP contribution in [0.2, 0.25) is 5.02 Å². The van der Waals surface area contributed by atoms with Crippen molar-refractivity contribution in [3.05, 3.63) is 28.8 Å². The van der Waals surface area contributed by atoms with Gasteiger partial charge in [-0.25, -0.2) is 0 Å². The molecule has 0 bridgehead atoms. The normalized spacial score (nSPS) is 24.1. The van der Waals surface area contributed by atoms with Gasteiger partial charge in [-0.15, -0.1) is 0 Å². The molecule has 1 heterocycles. The van der Waals surface area contributed by atoms with Crippen molar-refractivity contribution >= 4 is 23.1 Å². The molecule has 1 saturated heterocycles. The van der Waals surface area contributed by atoms with Crippen molar-refractivity contribution in [2.45, 2.75) is 32.7 Å². The number of rotatable bonds is 2. The summed E-state index contributed by atoms with van der Waals surface area (Å²) in [5.41, 5.74) is 7.21. The van der Waals surface area contributed by atoms with Crippen LogP contribution in [0.15, 0.2) is 18.2 Å². The third kappa shape index (κ3) is 2.61. The van der Waals surface area contributed by atoms with E-state index in [1.807, 2.05) is 12.1 Å². The van der Waals surface area contributed by atoms with E-state index in [2.05, 4.69) is 18.7 Å². The van der Waals surface area contributed by atoms with Crippen molar-refractivity contribution in [2.24, 2.45) is 11.7 Å². The Morgan fingerprint density at radius 2 is 2.17 bits per heavy atom. The molecular weight excluding hydrogens is 246 g/mol. The summed E-state index contributed by atoms with van der Waals surface area (Å²) in [4.78, 5) is 2.35. The molecule has 98 valence electrons. The third-order valence-corrected chi connectivity index (χ3v) is 4.01. The number of nitrogens with two attached hydrogens (primary N) is 1. The molecule has 2 rings (SSSR count). The second-order valence-electron chi connectivity index (χ2n) is 5.25. The Hall–Kier alpha value is -1.22. The summed E-state index contributed by atoms with van der Waals surface area (Å²) >= 11 is 6.31. The molecule has 1 aromatic carbocycles. The first kappa shape index (κ1) is 13.2. The highest BCUT2D eigenvalue weighted by Crippen LogP contribution is 2.33. The quantitative estimate of drug-likeness (QED) is 0.637. The molecule has 0 amide bonds. The zero-order valence-corrected chi connectivity index (χ0v) is 11.7. The lowest BCUT2D eigenvalue weighted by atomic mass is 9.93. The van der Waals surface area contributed by atoms with Crippen LogP contribution in [0.3, 0.4) is 0 Å². The lowest BCUT2D eigenvalue weighted by Gasteiger charge is -2.38. The molecule has 4 heteroatoms. The predicted molar refractivity (Wildman–Crippen MR) is 77.7 cm³/mol. The maximum atomic E-state index is 7.42. The fourth-order valence-electron chi connectivity index (χ4n) is 2.67. The Kier molecular flexibility index (Phi) is 3.81. The van der Waals surface area contributed by atoms with Gasteiger partial charge in [-0.05, 0) is 43.9 Å². The fraction of sp³-hybridized carbons (Fsp3) is 0.500. The lowest BCUT2D eigenvalue weighted by molar-refractivity contribution is 0.378. The molecule has 0 radical (unpaired) electrons. The average molecular weight is 266 g/mol. The van der Waals surface area contributed by atoms with Gasteiger partial charge < -0.3 is 10.6 Å². The largest absolute Gasteiger partial charge is 0.384 e. The van der Waals surface area contributed by atoms with Crippen LogP contribution >= 0.6 is 11.6 Å². The van der Waals surface area contributed by atoms with Gasteiger partial charge in [0, 0.05) is 18.2 Å². The molecule has 0 spiro atoms. The van der Waals surface area contributed by atoms with Gasteiger partial charge in [0.2, 0.25) is 0 Å². The van der Waals surface area contributed by atoms with Crippen LogP contribution in [-0.2, 0) is 0 Å². The fourth-order valence-corrected chi connectivity index (χ4v) is 2.96. The van der Waals surface area contributed by atoms with Crippen LogP contribution in [-0.4, -0.2) is 18.4 Å². The zero-order valence-electron chi connectivity index (χ0n) is 10.9. The van der Waals surface area contributed by atoms with Crippen LogP contribution in [0.5, 0.6) is 0 Å². The van der Waals surface area contributed by atoms with Gasteiger partial charge in [-0.1, -0.05) is 18.5 Å². The van der Waals surface area contributed by atoms with E-state index in [4.69, 9.17) is 22.7 Å². The summed E-state index contributed by atoms with van der Waals surface area (Å²) in [5, 5.41) is 8.10. The first-order valence-corrected chi connectivity index (χ1v) is 6.77. The Labute approximate surface area is 113 Å². The number of nitrogen functional groups attached to an aromatic ring is 1. The maximum absolute atomic E-state index is 7.42. The van der Waals surface area contributed by atoms with E-state index in [0.717, 1.165) is 18.2 Å². The molecule has 2 atom stereocenters. The van der Waals surface area contributed by atoms with E-state index >= 15 is 0 Å². The Balaban J connectivity index is 2.26. The molecule has 0 saturated carbocycles. The monoisotopic (exact) mass is 265 g/mol. The highest BCUT2D eigenvalue weighted by Gasteiger charge is 2.24. The predicted octanol–water partition coefficient (Wildman–Crippen LogP) is 3.25. The summed E-state index contributed by atoms with van der Waals surface area (Å²) in [5.74, 6) is 0.843. The van der Waals surface area contributed by atoms with Crippen LogP contribution in [0.25, 0.3) is 0 Å². The second-order valence-corrected chi connectivity index (χ2v) is 5.66. The number of benzene rings is 1. The summed E-state index contributed by atoms with van der Waals surface area (Å²) in [6.07, 6.45) is 2.40. The number of nitrogens with one attached hydrogen (secondary N) is 1. The van der Waals surface area contributed by atoms with Crippen molar-refractivity contribution in [2.75, 3.05) is 11.4 Å². The topological polar surface area (TPSA) is 53.1 Å². The van der Waals surface area contributed by atoms with Gasteiger partial charge in [-0.2, -0.15) is 0 Å². The number of halogens is 1. The molecule has 1 aliphatic heterocycles. The molecule has 0 aromatic heterocycles. The van der Waals surface area contributed by atoms with Crippen molar-refractivity contribution in [3.63, 3.8) is 0 Å². The molecule has 1 fully saturated rings. The van der Waals surface area contributed by atoms with Gasteiger partial charge in [0.05, 0.1) is 10.7 Å². The van der Waals surface area contributed by atoms with E-state index in [9.17, 15) is 0 Å². The summed E-state index contributed by atoms with van der Waals surface area (Å²) < 4.78 is 0. The maximum Gasteiger partial charge on any atom is 0.122 e. The molecular formula is C14H20ClN3. The van der Waals surface area contributed by atoms with Gasteiger partial charge in [0.15, 0.2) is 0 Å². The summed E-state index contributed by atoms with van der Waals surface area (Å²) in [6.45, 7) is 5.58. The molecule has 18 heavy (non-hydrogen) atoms. The van der Waals surface area contributed by atoms with Crippen molar-refractivity contribution in [3.8, 4) is 0 Å². The van der Waals surface area contributed by atoms with Crippen LogP contribution in [0, 0.1) is 11.3 Å². The zero-order chi connectivity index (χ0) is 13.3. The molecule has 1 aliphatic rings. The Bertz CT molecular complexity index is 458. The number of hydrogen-bond acceptors (Lipinski definition) is 2. The number of anilines is 1. The van der Waals surface area contributed by atoms with Crippen LogP contribution in [0.1, 0.15) is 32.3 Å². The van der Waals surface area contributed by atoms with E-state index in [1.54, 1.807) is 6.07 Å². The smallest absolute Gasteiger partial charge is 0.122 e. The molecule has 2 unspecified atom stereocenters. The number of hydrogen-bond donors (Lipinski definition) is 2. The minimum absolute atomic E-state index is 0.0590. The van der Waals surface area contributed by atoms with Gasteiger partial charge in [0.1, 0.15) is 5.84 Å². The first-order valence-electron chi connectivity index (χ1n) is 6.39. The van der Waals surface area contributed by atoms with Crippen molar-refractivity contribution in [1.82, 2.24) is 0 Å². The Morgan fingerprint density at radius 3 is 2.72 bits per heavy atom. The second kappa shape index (κ2) is 5.19. The molecule has 1 aromatic rings. The van der Waals surface area contributed by atoms with E-state index in [0.29, 0.717) is 16.6 Å². The number of amidine groups is 1. The SMILES string of the molecule is CC1CCN(c2ccc(C(=N)N)cc2Cl)C(C)C1. The third-order valence-electron chi connectivity index (χ3n) is 3.71. The van der Waals surface area contributed by atoms with E-state index in [-0.39, 0.29) is 5.84 Å². The van der Waals surface area contributed by atoms with Gasteiger partial charge in [-0.3, -0.25) is 5.41 Å². The van der Waals surface area contributed by atoms with E-state index < -0.39 is 0 Å². The summed E-state index contributed by atoms with van der Waals surface area (Å²) in [7, 11) is 0. The first-order chi connectivity index (χ1) is 8.49. The molecule has 0 aliphatic carbocycles. The lowest BCUT2D eigenvalue weighted by Crippen LogP contribution is -2.40. The van der Waals surface area contributed by atoms with Crippen molar-refractivity contribution in [1.29, 1.82) is 5.41 Å². The van der Waals surface area contributed by atoms with Gasteiger partial charge >= 0.3 is 0 Å². The minimum atomic E-state index is 0.0590. The Morgan fingerprint density at radius 1 is 1.44 bits per heavy atom. The highest BCUT2D eigenvalue weighted by molar-refractivity contribution is 6.33. The van der Waals surface area contributed by atoms with Crippen LogP contribution in [0.4, 0.5) is 5.69 Å². The van der Waals surface area contributed by atoms with E-state index in [1.165, 1.54) is 12.8 Å². The number of nitrogens with zero attached hydrogens (tertiary/aromatic N) is 1. The molecule has 3 nitrogen and oxygen atoms in total. The minimum Gasteiger partial charge on any atom is -0.384 e. The molecule has 3 N–H and O–H groups in total. The van der Waals surface area contributed by atoms with Crippen molar-refractivity contribution < 1.29 is 0 Å². The average Bonchev–Trinajstić information content (AvgIpc) is 2.30. The van der Waals surface area contributed by atoms with Crippen LogP contribution < -0.4 is 10.6 Å². The highest BCUT2D eigenvalue weighted by atomic mass is 35.5. The van der Waals surface area contributed by atoms with Gasteiger partial charge in [0.25, 0.3) is 0 Å². The summed E-state index contributed by atoms with van der Waals surface area (Å²) in [6, 6.07) is 6.14. The standard InChI is InChI=1S/C14H20ClN3/c1-9-5-6-18(10(2)7-9)13-4-3-11(14(16)17)8-12(13)15/h3-4,8-10H,5-7H2,1-2H3,(H3,16,17). The number of piperidine rings is 1.